The molecule has 5 rings (SSSR count). The molecule has 0 aromatic heterocycles. The zero-order chi connectivity index (χ0) is 25.8. The number of hydrogen-bond donors (Lipinski definition) is 1. The summed E-state index contributed by atoms with van der Waals surface area (Å²) in [6.45, 7) is 5.88. The van der Waals surface area contributed by atoms with E-state index in [0.717, 1.165) is 0 Å². The number of ketones is 2. The van der Waals surface area contributed by atoms with E-state index >= 15 is 4.39 Å². The number of alkyl halides is 1. The van der Waals surface area contributed by atoms with Gasteiger partial charge in [0.2, 0.25) is 0 Å². The van der Waals surface area contributed by atoms with Crippen molar-refractivity contribution >= 4 is 19.4 Å². The van der Waals surface area contributed by atoms with Gasteiger partial charge in [-0.15, -0.1) is 0 Å². The van der Waals surface area contributed by atoms with Gasteiger partial charge in [0.05, 0.1) is 20.0 Å². The molecule has 4 saturated carbocycles. The van der Waals surface area contributed by atoms with Gasteiger partial charge in [0.1, 0.15) is 18.1 Å². The van der Waals surface area contributed by atoms with Crippen LogP contribution in [0, 0.1) is 28.6 Å². The molecule has 9 atom stereocenters. The second kappa shape index (κ2) is 10.9. The molecule has 5 fully saturated rings. The monoisotopic (exact) mass is 594 g/mol. The molecule has 198 valence electrons. The summed E-state index contributed by atoms with van der Waals surface area (Å²) in [5, 5.41) is 11.5. The zero-order valence-corrected chi connectivity index (χ0v) is 29.7. The molecule has 0 spiro atoms. The van der Waals surface area contributed by atoms with E-state index < -0.39 is 72.1 Å². The van der Waals surface area contributed by atoms with Crippen LogP contribution in [0.1, 0.15) is 72.6 Å². The molecule has 9 nitrogen and oxygen atoms in total. The molecule has 4 aliphatic carbocycles. The fourth-order valence-electron chi connectivity index (χ4n) is 8.90. The molecule has 0 amide bonds. The molecule has 1 aliphatic heterocycles. The number of hydrogen-bond acceptors (Lipinski definition) is 9. The maximum Gasteiger partial charge on any atom is 1.00 e. The van der Waals surface area contributed by atoms with E-state index in [4.69, 9.17) is 9.47 Å². The van der Waals surface area contributed by atoms with E-state index in [1.54, 1.807) is 20.8 Å². The first-order chi connectivity index (χ1) is 16.0. The van der Waals surface area contributed by atoms with E-state index in [-0.39, 0.29) is 127 Å². The third kappa shape index (κ3) is 4.99. The molecule has 5 aliphatic rings. The number of phosphoric acid groups is 1. The first-order valence-corrected chi connectivity index (χ1v) is 13.9. The topological polar surface area (TPSA) is 145 Å². The molecule has 1 heterocycles. The molecule has 1 saturated heterocycles. The maximum atomic E-state index is 17.4. The predicted molar refractivity (Wildman–Crippen MR) is 115 cm³/mol. The van der Waals surface area contributed by atoms with Crippen molar-refractivity contribution in [2.75, 3.05) is 6.61 Å². The van der Waals surface area contributed by atoms with Crippen LogP contribution in [0.4, 0.5) is 4.39 Å². The third-order valence-electron chi connectivity index (χ3n) is 10.3. The van der Waals surface area contributed by atoms with Gasteiger partial charge in [-0.3, -0.25) is 9.59 Å². The number of aliphatic hydroxyl groups is 1. The Balaban J connectivity index is 0.00000190. The van der Waals surface area contributed by atoms with Crippen molar-refractivity contribution in [1.29, 1.82) is 0 Å². The Hall–Kier alpha value is 2.53. The summed E-state index contributed by atoms with van der Waals surface area (Å²) < 4.78 is 45.2. The number of carbonyl (C=O) groups excluding carboxylic acids is 2. The molecule has 3 unspecified atom stereocenters. The van der Waals surface area contributed by atoms with Crippen LogP contribution in [0.15, 0.2) is 0 Å². The minimum Gasteiger partial charge on any atom is -0.790 e. The maximum absolute atomic E-state index is 17.4. The van der Waals surface area contributed by atoms with Gasteiger partial charge >= 0.3 is 103 Å². The number of aliphatic hydroxyl groups excluding tert-OH is 1. The first kappa shape index (κ1) is 34.0. The van der Waals surface area contributed by atoms with Gasteiger partial charge in [-0.2, -0.15) is 0 Å². The van der Waals surface area contributed by atoms with Crippen LogP contribution in [-0.4, -0.2) is 52.5 Å². The van der Waals surface area contributed by atoms with E-state index in [1.165, 1.54) is 0 Å². The van der Waals surface area contributed by atoms with Gasteiger partial charge < -0.3 is 33.5 Å². The average Bonchev–Trinajstić information content (AvgIpc) is 3.14. The minimum absolute atomic E-state index is 0. The Morgan fingerprint density at radius 2 is 1.81 bits per heavy atom. The van der Waals surface area contributed by atoms with Crippen molar-refractivity contribution in [2.45, 2.75) is 102 Å². The molecule has 1 N–H and O–H groups in total. The van der Waals surface area contributed by atoms with Crippen molar-refractivity contribution < 1.29 is 150 Å². The number of phosphoric ester groups is 1. The quantitative estimate of drug-likeness (QED) is 0.252. The Bertz CT molecular complexity index is 1010. The van der Waals surface area contributed by atoms with Crippen LogP contribution >= 0.6 is 7.82 Å². The van der Waals surface area contributed by atoms with Crippen molar-refractivity contribution in [3.05, 3.63) is 0 Å². The number of carbonyl (C=O) groups is 2. The first-order valence-electron chi connectivity index (χ1n) is 12.5. The van der Waals surface area contributed by atoms with Gasteiger partial charge in [-0.25, -0.2) is 4.39 Å². The van der Waals surface area contributed by atoms with E-state index in [0.29, 0.717) is 32.1 Å². The van der Waals surface area contributed by atoms with Crippen LogP contribution in [0.5, 0.6) is 0 Å². The Morgan fingerprint density at radius 3 is 2.43 bits per heavy atom. The number of fused-ring (bicyclic) bond motifs is 7. The van der Waals surface area contributed by atoms with Crippen LogP contribution in [0.3, 0.4) is 0 Å². The predicted octanol–water partition coefficient (Wildman–Crippen LogP) is -4.42. The summed E-state index contributed by atoms with van der Waals surface area (Å²) in [5.74, 6) is -2.96. The van der Waals surface area contributed by atoms with E-state index in [9.17, 15) is 29.0 Å². The molecular formula is C24H34FK2O9P. The van der Waals surface area contributed by atoms with Gasteiger partial charge in [-0.1, -0.05) is 13.8 Å². The van der Waals surface area contributed by atoms with Crippen molar-refractivity contribution in [3.8, 4) is 0 Å². The van der Waals surface area contributed by atoms with Gasteiger partial charge in [0.25, 0.3) is 0 Å². The van der Waals surface area contributed by atoms with Crippen LogP contribution < -0.4 is 113 Å². The second-order valence-electron chi connectivity index (χ2n) is 12.3. The second-order valence-corrected chi connectivity index (χ2v) is 13.4. The van der Waals surface area contributed by atoms with Crippen molar-refractivity contribution in [1.82, 2.24) is 0 Å². The summed E-state index contributed by atoms with van der Waals surface area (Å²) in [7, 11) is -5.42. The third-order valence-corrected chi connectivity index (χ3v) is 10.8. The fourth-order valence-corrected chi connectivity index (χ4v) is 9.17. The van der Waals surface area contributed by atoms with Gasteiger partial charge in [-0.05, 0) is 63.7 Å². The normalized spacial score (nSPS) is 48.0. The summed E-state index contributed by atoms with van der Waals surface area (Å²) in [6.07, 6.45) is 0.0307. The Kier molecular flexibility index (Phi) is 10.0. The summed E-state index contributed by atoms with van der Waals surface area (Å²) in [4.78, 5) is 48.0. The Morgan fingerprint density at radius 1 is 1.16 bits per heavy atom. The zero-order valence-electron chi connectivity index (χ0n) is 22.6. The Labute approximate surface area is 302 Å². The molecular weight excluding hydrogens is 560 g/mol. The van der Waals surface area contributed by atoms with E-state index in [1.807, 2.05) is 6.92 Å². The molecule has 0 aromatic rings. The number of ether oxygens (including phenoxy) is 2. The summed E-state index contributed by atoms with van der Waals surface area (Å²) in [5.41, 5.74) is -5.61. The minimum atomic E-state index is -5.42. The average molecular weight is 595 g/mol. The van der Waals surface area contributed by atoms with Crippen molar-refractivity contribution in [3.63, 3.8) is 0 Å². The fraction of sp³-hybridized carbons (Fsp3) is 0.917. The molecule has 13 heteroatoms. The molecule has 0 radical (unpaired) electrons. The van der Waals surface area contributed by atoms with Crippen LogP contribution in [0.2, 0.25) is 0 Å². The molecule has 0 aromatic carbocycles. The smallest absolute Gasteiger partial charge is 0.790 e. The standard InChI is InChI=1S/C24H36FO9P.2K/c1-20(2)33-19-10-16-15-6-5-13-9-14(26)7-8-21(13,3)23(15,25)17(27)11-22(16,4)24(19,34-20)18(28)12-32-35(29,30)31;;/h13,15-17,19,27H,5-12H2,1-4H3,(H2,29,30,31);;/q;2*+1/p-2/t13-,15?,16?,17-,19-,21-,22-,23?,24+;;/m0../s1. The summed E-state index contributed by atoms with van der Waals surface area (Å²) >= 11 is 0. The van der Waals surface area contributed by atoms with Gasteiger partial charge in [0.15, 0.2) is 17.2 Å². The van der Waals surface area contributed by atoms with Crippen LogP contribution in [0.25, 0.3) is 0 Å². The van der Waals surface area contributed by atoms with Gasteiger partial charge in [0, 0.05) is 23.7 Å². The summed E-state index contributed by atoms with van der Waals surface area (Å²) in [6, 6.07) is 0. The number of rotatable bonds is 4. The number of halogens is 1. The molecule has 0 bridgehead atoms. The SMILES string of the molecule is CC1(C)O[C@H]2CC3C4CC[C@H]5CC(=O)CC[C@]5(C)C4(F)[C@@H](O)C[C@]3(C)[C@]2(C(=O)COP(=O)([O-])[O-])O1.[K+].[K+]. The molecule has 37 heavy (non-hydrogen) atoms. The number of Topliss-reactive ketones (excluding diaryl/α,β-unsaturated/α-hetero) is 2. The van der Waals surface area contributed by atoms with E-state index in [2.05, 4.69) is 4.52 Å². The largest absolute Gasteiger partial charge is 1.00 e. The van der Waals surface area contributed by atoms with Crippen molar-refractivity contribution in [2.24, 2.45) is 28.6 Å². The van der Waals surface area contributed by atoms with Crippen LogP contribution in [-0.2, 0) is 28.2 Å².